The maximum absolute atomic E-state index is 6.61. The van der Waals surface area contributed by atoms with Crippen LogP contribution in [0.25, 0.3) is 0 Å². The Morgan fingerprint density at radius 1 is 0.303 bits per heavy atom. The van der Waals surface area contributed by atoms with Gasteiger partial charge in [0.25, 0.3) is 0 Å². The molecule has 0 fully saturated rings. The molecule has 0 aromatic carbocycles. The highest BCUT2D eigenvalue weighted by molar-refractivity contribution is 6.69. The van der Waals surface area contributed by atoms with E-state index in [1.807, 2.05) is 0 Å². The van der Waals surface area contributed by atoms with Gasteiger partial charge in [0, 0.05) is 47.8 Å². The first-order chi connectivity index (χ1) is 33.6. The Labute approximate surface area is 481 Å². The Balaban J connectivity index is -0.00000105. The van der Waals surface area contributed by atoms with Gasteiger partial charge in [0.2, 0.25) is 0 Å². The molecule has 0 bridgehead atoms. The third-order valence-corrected chi connectivity index (χ3v) is 31.1. The van der Waals surface area contributed by atoms with E-state index < -0.39 is 52.1 Å². The second-order valence-corrected chi connectivity index (χ2v) is 47.8. The van der Waals surface area contributed by atoms with E-state index in [-0.39, 0.29) is 70.2 Å². The molecule has 0 spiro atoms. The summed E-state index contributed by atoms with van der Waals surface area (Å²) in [4.78, 5) is 0. The summed E-state index contributed by atoms with van der Waals surface area (Å²) in [6.07, 6.45) is 4.25. The Hall–Kier alpha value is 0.821. The van der Waals surface area contributed by atoms with Crippen LogP contribution in [-0.4, -0.2) is 122 Å². The fourth-order valence-electron chi connectivity index (χ4n) is 9.49. The predicted molar refractivity (Wildman–Crippen MR) is 340 cm³/mol. The van der Waals surface area contributed by atoms with Gasteiger partial charge in [0.1, 0.15) is 0 Å². The van der Waals surface area contributed by atoms with Crippen molar-refractivity contribution < 1.29 is 53.1 Å². The van der Waals surface area contributed by atoms with Gasteiger partial charge in [-0.15, -0.1) is 0 Å². The zero-order valence-corrected chi connectivity index (χ0v) is 63.4. The molecule has 12 nitrogen and oxygen atoms in total. The average molecular weight is 1190 g/mol. The molecule has 0 amide bonds. The Kier molecular flexibility index (Phi) is 36.9. The van der Waals surface area contributed by atoms with Crippen molar-refractivity contribution in [2.45, 2.75) is 379 Å². The minimum atomic E-state index is -2.32. The average Bonchev–Trinajstić information content (AvgIpc) is 3.08. The summed E-state index contributed by atoms with van der Waals surface area (Å²) >= 11 is 0. The molecule has 0 aliphatic heterocycles. The standard InChI is InChI=1S/C21H48O4Si2.C19H44O4Si2.C18H42O4Si2/c1-13-26(22-18(3)4,23-19(5)6)16-15-17-27(14-2,24-20(7,8)9)25-21(10,11)12;1-16(2)20-24(11,21-17(3)4)14-13-15-25(12,22-18(5,6)7)23-19(8,9)10;1-15(2)19-24(11,20-16(3)4)14-12-13-23(21-17(5,6)7)22-18(8,9)10/h18-19H,13-17H2,1-12H3;16-17H,13-15H2,1-12H3;15-16,23H,12-14H2,1-11H3. The fourth-order valence-corrected chi connectivity index (χ4v) is 30.1. The van der Waals surface area contributed by atoms with Crippen molar-refractivity contribution >= 4 is 52.1 Å². The van der Waals surface area contributed by atoms with Crippen molar-refractivity contribution in [3.63, 3.8) is 0 Å². The molecule has 0 heterocycles. The molecule has 18 heteroatoms. The third kappa shape index (κ3) is 46.3. The SMILES string of the molecule is CC(C)O[Si](C)(CCC[SiH](OC(C)(C)C)OC(C)(C)C)OC(C)C.CC(C)O[Si](C)(CCC[Si](C)(OC(C)(C)C)OC(C)(C)C)OC(C)C.CC[Si](CCC[Si](CC)(OC(C)(C)C)OC(C)(C)C)(OC(C)C)OC(C)C. The van der Waals surface area contributed by atoms with Crippen LogP contribution in [-0.2, 0) is 53.1 Å². The Morgan fingerprint density at radius 2 is 0.553 bits per heavy atom. The monoisotopic (exact) mass is 1190 g/mol. The van der Waals surface area contributed by atoms with E-state index in [1.54, 1.807) is 0 Å². The lowest BCUT2D eigenvalue weighted by atomic mass is 10.2. The molecule has 462 valence electrons. The van der Waals surface area contributed by atoms with Crippen LogP contribution in [0.15, 0.2) is 0 Å². The molecule has 0 radical (unpaired) electrons. The van der Waals surface area contributed by atoms with Crippen LogP contribution in [0.1, 0.15) is 241 Å². The summed E-state index contributed by atoms with van der Waals surface area (Å²) in [6.45, 7) is 74.1. The molecule has 0 N–H and O–H groups in total. The molecule has 76 heavy (non-hydrogen) atoms. The van der Waals surface area contributed by atoms with Gasteiger partial charge in [-0.2, -0.15) is 0 Å². The van der Waals surface area contributed by atoms with E-state index in [9.17, 15) is 0 Å². The summed E-state index contributed by atoms with van der Waals surface area (Å²) < 4.78 is 76.2. The number of hydrogen-bond donors (Lipinski definition) is 0. The van der Waals surface area contributed by atoms with Gasteiger partial charge in [-0.3, -0.25) is 0 Å². The fraction of sp³-hybridized carbons (Fsp3) is 1.00. The first-order valence-electron chi connectivity index (χ1n) is 29.9. The summed E-state index contributed by atoms with van der Waals surface area (Å²) in [5, 5.41) is 0. The van der Waals surface area contributed by atoms with E-state index in [0.717, 1.165) is 67.6 Å². The molecule has 0 rings (SSSR count). The quantitative estimate of drug-likeness (QED) is 0.0598. The van der Waals surface area contributed by atoms with E-state index in [2.05, 4.69) is 241 Å². The van der Waals surface area contributed by atoms with Crippen LogP contribution < -0.4 is 0 Å². The topological polar surface area (TPSA) is 111 Å². The summed E-state index contributed by atoms with van der Waals surface area (Å²) in [7, 11) is -12.9. The zero-order valence-electron chi connectivity index (χ0n) is 57.2. The second-order valence-electron chi connectivity index (χ2n) is 29.3. The van der Waals surface area contributed by atoms with E-state index in [1.165, 1.54) is 0 Å². The number of hydrogen-bond acceptors (Lipinski definition) is 12. The van der Waals surface area contributed by atoms with Gasteiger partial charge in [-0.25, -0.2) is 0 Å². The highest BCUT2D eigenvalue weighted by atomic mass is 28.4. The van der Waals surface area contributed by atoms with E-state index >= 15 is 0 Å². The van der Waals surface area contributed by atoms with Gasteiger partial charge < -0.3 is 53.1 Å². The van der Waals surface area contributed by atoms with Gasteiger partial charge >= 0.3 is 52.1 Å². The van der Waals surface area contributed by atoms with Crippen LogP contribution in [0.3, 0.4) is 0 Å². The lowest BCUT2D eigenvalue weighted by molar-refractivity contribution is 0.0137. The maximum atomic E-state index is 6.61. The largest absolute Gasteiger partial charge is 0.392 e. The normalized spacial score (nSPS) is 14.4. The minimum absolute atomic E-state index is 0.161. The van der Waals surface area contributed by atoms with Crippen LogP contribution >= 0.6 is 0 Å². The molecular weight excluding hydrogens is 1060 g/mol. The van der Waals surface area contributed by atoms with Crippen molar-refractivity contribution in [1.29, 1.82) is 0 Å². The molecule has 0 atom stereocenters. The molecule has 0 aliphatic carbocycles. The lowest BCUT2D eigenvalue weighted by Crippen LogP contribution is -2.51. The Bertz CT molecular complexity index is 1410. The third-order valence-electron chi connectivity index (χ3n) is 10.4. The second kappa shape index (κ2) is 34.6. The Morgan fingerprint density at radius 3 is 0.803 bits per heavy atom. The lowest BCUT2D eigenvalue weighted by Gasteiger charge is -2.41. The van der Waals surface area contributed by atoms with Crippen molar-refractivity contribution in [2.75, 3.05) is 0 Å². The predicted octanol–water partition coefficient (Wildman–Crippen LogP) is 17.9. The zero-order chi connectivity index (χ0) is 60.8. The molecular formula is C58H134O12Si6. The molecule has 0 aromatic rings. The van der Waals surface area contributed by atoms with Crippen LogP contribution in [0, 0.1) is 0 Å². The highest BCUT2D eigenvalue weighted by Gasteiger charge is 2.46. The summed E-state index contributed by atoms with van der Waals surface area (Å²) in [5.74, 6) is 0. The molecule has 0 aliphatic rings. The van der Waals surface area contributed by atoms with E-state index in [4.69, 9.17) is 53.1 Å². The first kappa shape index (κ1) is 81.0. The van der Waals surface area contributed by atoms with Crippen molar-refractivity contribution in [3.05, 3.63) is 0 Å². The molecule has 0 aromatic heterocycles. The van der Waals surface area contributed by atoms with Crippen molar-refractivity contribution in [2.24, 2.45) is 0 Å². The van der Waals surface area contributed by atoms with Crippen molar-refractivity contribution in [3.8, 4) is 0 Å². The molecule has 0 saturated heterocycles. The van der Waals surface area contributed by atoms with Gasteiger partial charge in [0.05, 0.1) is 22.4 Å². The number of rotatable bonds is 32. The van der Waals surface area contributed by atoms with Crippen LogP contribution in [0.4, 0.5) is 0 Å². The summed E-state index contributed by atoms with van der Waals surface area (Å²) in [5.41, 5.74) is -1.12. The maximum Gasteiger partial charge on any atom is 0.338 e. The minimum Gasteiger partial charge on any atom is -0.392 e. The van der Waals surface area contributed by atoms with Gasteiger partial charge in [-0.1, -0.05) is 13.8 Å². The summed E-state index contributed by atoms with van der Waals surface area (Å²) in [6, 6.07) is 7.79. The van der Waals surface area contributed by atoms with Gasteiger partial charge in [-0.05, 0) is 295 Å². The van der Waals surface area contributed by atoms with E-state index in [0.29, 0.717) is 0 Å². The van der Waals surface area contributed by atoms with Crippen LogP contribution in [0.2, 0.25) is 68.0 Å². The highest BCUT2D eigenvalue weighted by Crippen LogP contribution is 2.35. The first-order valence-corrected chi connectivity index (χ1v) is 43.7. The molecule has 0 unspecified atom stereocenters. The van der Waals surface area contributed by atoms with Crippen LogP contribution in [0.5, 0.6) is 0 Å². The smallest absolute Gasteiger partial charge is 0.338 e. The van der Waals surface area contributed by atoms with Gasteiger partial charge in [0.15, 0.2) is 0 Å². The molecule has 0 saturated carbocycles. The van der Waals surface area contributed by atoms with Crippen molar-refractivity contribution in [1.82, 2.24) is 0 Å².